The van der Waals surface area contributed by atoms with Crippen molar-refractivity contribution < 1.29 is 4.74 Å². The van der Waals surface area contributed by atoms with Crippen LogP contribution in [0.3, 0.4) is 0 Å². The standard InChI is InChI=1S/C15H16N2OS/c1-2-12-5-3-4-6-14(12)18-10-11-7-8-17-13(9-11)15(16)19/h3-9H,2,10H2,1H3,(H2,16,19). The zero-order valence-corrected chi connectivity index (χ0v) is 11.6. The molecule has 0 fully saturated rings. The maximum absolute atomic E-state index is 5.84. The molecule has 2 aromatic rings. The molecule has 0 amide bonds. The Labute approximate surface area is 118 Å². The number of aromatic nitrogens is 1. The molecule has 0 radical (unpaired) electrons. The van der Waals surface area contributed by atoms with Crippen molar-refractivity contribution >= 4 is 17.2 Å². The fourth-order valence-corrected chi connectivity index (χ4v) is 1.91. The molecule has 0 atom stereocenters. The lowest BCUT2D eigenvalue weighted by Gasteiger charge is -2.10. The van der Waals surface area contributed by atoms with Crippen molar-refractivity contribution in [1.82, 2.24) is 4.98 Å². The van der Waals surface area contributed by atoms with E-state index in [9.17, 15) is 0 Å². The van der Waals surface area contributed by atoms with Gasteiger partial charge in [-0.3, -0.25) is 4.98 Å². The summed E-state index contributed by atoms with van der Waals surface area (Å²) in [5, 5.41) is 0. The van der Waals surface area contributed by atoms with E-state index in [0.29, 0.717) is 17.3 Å². The summed E-state index contributed by atoms with van der Waals surface area (Å²) < 4.78 is 5.84. The second-order valence-electron chi connectivity index (χ2n) is 4.16. The number of hydrogen-bond acceptors (Lipinski definition) is 3. The summed E-state index contributed by atoms with van der Waals surface area (Å²) in [7, 11) is 0. The maximum Gasteiger partial charge on any atom is 0.122 e. The molecule has 98 valence electrons. The molecule has 2 N–H and O–H groups in total. The van der Waals surface area contributed by atoms with Gasteiger partial charge in [0.15, 0.2) is 0 Å². The van der Waals surface area contributed by atoms with E-state index in [1.165, 1.54) is 5.56 Å². The largest absolute Gasteiger partial charge is 0.489 e. The van der Waals surface area contributed by atoms with Crippen LogP contribution in [0, 0.1) is 0 Å². The van der Waals surface area contributed by atoms with Gasteiger partial charge in [0, 0.05) is 6.20 Å². The Morgan fingerprint density at radius 1 is 1.32 bits per heavy atom. The van der Waals surface area contributed by atoms with Crippen LogP contribution in [0.25, 0.3) is 0 Å². The Hall–Kier alpha value is -1.94. The summed E-state index contributed by atoms with van der Waals surface area (Å²) >= 11 is 4.91. The number of hydrogen-bond donors (Lipinski definition) is 1. The van der Waals surface area contributed by atoms with Crippen molar-refractivity contribution in [2.45, 2.75) is 20.0 Å². The smallest absolute Gasteiger partial charge is 0.122 e. The van der Waals surface area contributed by atoms with Crippen molar-refractivity contribution in [2.24, 2.45) is 5.73 Å². The Bertz CT molecular complexity index is 584. The van der Waals surface area contributed by atoms with E-state index in [1.807, 2.05) is 30.3 Å². The number of pyridine rings is 1. The summed E-state index contributed by atoms with van der Waals surface area (Å²) in [6, 6.07) is 11.8. The van der Waals surface area contributed by atoms with Crippen LogP contribution in [0.2, 0.25) is 0 Å². The van der Waals surface area contributed by atoms with Gasteiger partial charge >= 0.3 is 0 Å². The Kier molecular flexibility index (Phi) is 4.47. The second kappa shape index (κ2) is 6.29. The lowest BCUT2D eigenvalue weighted by atomic mass is 10.1. The number of para-hydroxylation sites is 1. The lowest BCUT2D eigenvalue weighted by molar-refractivity contribution is 0.303. The van der Waals surface area contributed by atoms with E-state index in [1.54, 1.807) is 6.20 Å². The van der Waals surface area contributed by atoms with E-state index in [0.717, 1.165) is 17.7 Å². The number of nitrogens with zero attached hydrogens (tertiary/aromatic N) is 1. The Balaban J connectivity index is 2.10. The van der Waals surface area contributed by atoms with Gasteiger partial charge in [0.05, 0.1) is 5.69 Å². The van der Waals surface area contributed by atoms with Gasteiger partial charge in [-0.05, 0) is 35.7 Å². The monoisotopic (exact) mass is 272 g/mol. The Morgan fingerprint density at radius 2 is 2.11 bits per heavy atom. The molecule has 19 heavy (non-hydrogen) atoms. The molecule has 1 heterocycles. The van der Waals surface area contributed by atoms with Crippen LogP contribution in [0.4, 0.5) is 0 Å². The van der Waals surface area contributed by atoms with Crippen LogP contribution in [0.1, 0.15) is 23.7 Å². The van der Waals surface area contributed by atoms with Gasteiger partial charge in [-0.2, -0.15) is 0 Å². The van der Waals surface area contributed by atoms with Crippen molar-refractivity contribution in [3.8, 4) is 5.75 Å². The number of thiocarbonyl (C=S) groups is 1. The first kappa shape index (κ1) is 13.5. The summed E-state index contributed by atoms with van der Waals surface area (Å²) in [4.78, 5) is 4.41. The van der Waals surface area contributed by atoms with Gasteiger partial charge in [0.25, 0.3) is 0 Å². The highest BCUT2D eigenvalue weighted by Crippen LogP contribution is 2.19. The van der Waals surface area contributed by atoms with Crippen LogP contribution in [0.15, 0.2) is 42.6 Å². The van der Waals surface area contributed by atoms with Gasteiger partial charge in [0.1, 0.15) is 17.3 Å². The zero-order valence-electron chi connectivity index (χ0n) is 10.8. The molecule has 0 saturated carbocycles. The topological polar surface area (TPSA) is 48.1 Å². The van der Waals surface area contributed by atoms with Gasteiger partial charge in [-0.15, -0.1) is 0 Å². The molecule has 0 spiro atoms. The fourth-order valence-electron chi connectivity index (χ4n) is 1.80. The van der Waals surface area contributed by atoms with Gasteiger partial charge in [-0.25, -0.2) is 0 Å². The summed E-state index contributed by atoms with van der Waals surface area (Å²) in [5.41, 5.74) is 8.39. The minimum absolute atomic E-state index is 0.302. The minimum atomic E-state index is 0.302. The molecule has 0 aliphatic rings. The molecule has 2 rings (SSSR count). The highest BCUT2D eigenvalue weighted by Gasteiger charge is 2.03. The predicted molar refractivity (Wildman–Crippen MR) is 80.3 cm³/mol. The van der Waals surface area contributed by atoms with Gasteiger partial charge < -0.3 is 10.5 Å². The van der Waals surface area contributed by atoms with Crippen molar-refractivity contribution in [3.63, 3.8) is 0 Å². The molecule has 1 aromatic carbocycles. The molecular formula is C15H16N2OS. The SMILES string of the molecule is CCc1ccccc1OCc1ccnc(C(N)=S)c1. The zero-order chi connectivity index (χ0) is 13.7. The third kappa shape index (κ3) is 3.51. The fraction of sp³-hybridized carbons (Fsp3) is 0.200. The molecule has 0 aliphatic carbocycles. The van der Waals surface area contributed by atoms with E-state index in [-0.39, 0.29) is 0 Å². The first-order valence-corrected chi connectivity index (χ1v) is 6.57. The average molecular weight is 272 g/mol. The molecule has 0 bridgehead atoms. The maximum atomic E-state index is 5.84. The lowest BCUT2D eigenvalue weighted by Crippen LogP contribution is -2.12. The molecule has 1 aromatic heterocycles. The Morgan fingerprint density at radius 3 is 2.84 bits per heavy atom. The molecule has 3 nitrogen and oxygen atoms in total. The number of benzene rings is 1. The highest BCUT2D eigenvalue weighted by molar-refractivity contribution is 7.80. The van der Waals surface area contributed by atoms with E-state index in [2.05, 4.69) is 18.0 Å². The van der Waals surface area contributed by atoms with Crippen LogP contribution in [0.5, 0.6) is 5.75 Å². The third-order valence-corrected chi connectivity index (χ3v) is 3.03. The first-order valence-electron chi connectivity index (χ1n) is 6.16. The van der Waals surface area contributed by atoms with Crippen LogP contribution in [-0.2, 0) is 13.0 Å². The number of nitrogens with two attached hydrogens (primary N) is 1. The van der Waals surface area contributed by atoms with Gasteiger partial charge in [-0.1, -0.05) is 37.3 Å². The van der Waals surface area contributed by atoms with Crippen molar-refractivity contribution in [3.05, 3.63) is 59.4 Å². The molecule has 0 unspecified atom stereocenters. The minimum Gasteiger partial charge on any atom is -0.489 e. The highest BCUT2D eigenvalue weighted by atomic mass is 32.1. The first-order chi connectivity index (χ1) is 9.20. The van der Waals surface area contributed by atoms with Crippen LogP contribution in [-0.4, -0.2) is 9.97 Å². The number of aryl methyl sites for hydroxylation is 1. The predicted octanol–water partition coefficient (Wildman–Crippen LogP) is 2.86. The summed E-state index contributed by atoms with van der Waals surface area (Å²) in [6.45, 7) is 2.59. The molecular weight excluding hydrogens is 256 g/mol. The summed E-state index contributed by atoms with van der Waals surface area (Å²) in [5.74, 6) is 0.915. The number of rotatable bonds is 5. The average Bonchev–Trinajstić information content (AvgIpc) is 2.45. The third-order valence-electron chi connectivity index (χ3n) is 2.82. The van der Waals surface area contributed by atoms with Crippen molar-refractivity contribution in [2.75, 3.05) is 0 Å². The summed E-state index contributed by atoms with van der Waals surface area (Å²) in [6.07, 6.45) is 2.64. The van der Waals surface area contributed by atoms with E-state index in [4.69, 9.17) is 22.7 Å². The molecule has 4 heteroatoms. The van der Waals surface area contributed by atoms with Crippen LogP contribution < -0.4 is 10.5 Å². The van der Waals surface area contributed by atoms with E-state index < -0.39 is 0 Å². The second-order valence-corrected chi connectivity index (χ2v) is 4.60. The molecule has 0 saturated heterocycles. The molecule has 0 aliphatic heterocycles. The normalized spacial score (nSPS) is 10.2. The van der Waals surface area contributed by atoms with Crippen molar-refractivity contribution in [1.29, 1.82) is 0 Å². The number of ether oxygens (including phenoxy) is 1. The van der Waals surface area contributed by atoms with Crippen LogP contribution >= 0.6 is 12.2 Å². The van der Waals surface area contributed by atoms with Gasteiger partial charge in [0.2, 0.25) is 0 Å². The van der Waals surface area contributed by atoms with E-state index >= 15 is 0 Å². The quantitative estimate of drug-likeness (QED) is 0.850.